The van der Waals surface area contributed by atoms with E-state index in [-0.39, 0.29) is 5.56 Å². The lowest BCUT2D eigenvalue weighted by atomic mass is 10.3. The molecule has 0 aliphatic carbocycles. The molecule has 2 heteroatoms. The minimum Gasteiger partial charge on any atom is -0.350 e. The SMILES string of the molecule is C=CCCC#CCOC(C)Cl. The summed E-state index contributed by atoms with van der Waals surface area (Å²) in [5.74, 6) is 5.78. The predicted molar refractivity (Wildman–Crippen MR) is 48.5 cm³/mol. The van der Waals surface area contributed by atoms with E-state index in [1.165, 1.54) is 0 Å². The lowest BCUT2D eigenvalue weighted by Crippen LogP contribution is -1.98. The summed E-state index contributed by atoms with van der Waals surface area (Å²) in [5, 5.41) is 0. The van der Waals surface area contributed by atoms with Crippen molar-refractivity contribution < 1.29 is 4.74 Å². The van der Waals surface area contributed by atoms with Crippen molar-refractivity contribution in [1.82, 2.24) is 0 Å². The molecule has 0 bridgehead atoms. The zero-order valence-electron chi connectivity index (χ0n) is 6.77. The summed E-state index contributed by atoms with van der Waals surface area (Å²) < 4.78 is 4.99. The Morgan fingerprint density at radius 1 is 1.64 bits per heavy atom. The van der Waals surface area contributed by atoms with Crippen molar-refractivity contribution in [2.24, 2.45) is 0 Å². The average molecular weight is 173 g/mol. The molecule has 0 spiro atoms. The molecule has 0 aromatic rings. The number of allylic oxidation sites excluding steroid dienone is 1. The smallest absolute Gasteiger partial charge is 0.129 e. The quantitative estimate of drug-likeness (QED) is 0.274. The largest absolute Gasteiger partial charge is 0.350 e. The number of halogens is 1. The summed E-state index contributed by atoms with van der Waals surface area (Å²) in [4.78, 5) is 0. The van der Waals surface area contributed by atoms with Gasteiger partial charge in [0, 0.05) is 6.42 Å². The number of hydrogen-bond donors (Lipinski definition) is 0. The van der Waals surface area contributed by atoms with E-state index in [1.54, 1.807) is 6.92 Å². The van der Waals surface area contributed by atoms with Crippen LogP contribution in [-0.2, 0) is 4.74 Å². The maximum atomic E-state index is 5.51. The van der Waals surface area contributed by atoms with E-state index < -0.39 is 0 Å². The van der Waals surface area contributed by atoms with Crippen molar-refractivity contribution in [3.63, 3.8) is 0 Å². The van der Waals surface area contributed by atoms with E-state index in [1.807, 2.05) is 6.08 Å². The van der Waals surface area contributed by atoms with Crippen molar-refractivity contribution in [2.45, 2.75) is 25.3 Å². The van der Waals surface area contributed by atoms with Gasteiger partial charge in [-0.2, -0.15) is 0 Å². The molecule has 62 valence electrons. The first-order chi connectivity index (χ1) is 5.27. The van der Waals surface area contributed by atoms with Gasteiger partial charge in [0.05, 0.1) is 0 Å². The number of ether oxygens (including phenoxy) is 1. The monoisotopic (exact) mass is 172 g/mol. The van der Waals surface area contributed by atoms with Crippen molar-refractivity contribution in [3.05, 3.63) is 12.7 Å². The molecule has 0 fully saturated rings. The van der Waals surface area contributed by atoms with Crippen LogP contribution < -0.4 is 0 Å². The molecule has 0 amide bonds. The van der Waals surface area contributed by atoms with Crippen LogP contribution in [0, 0.1) is 11.8 Å². The summed E-state index contributed by atoms with van der Waals surface area (Å²) in [6.45, 7) is 5.78. The molecule has 0 heterocycles. The third-order valence-electron chi connectivity index (χ3n) is 0.984. The Morgan fingerprint density at radius 3 is 2.91 bits per heavy atom. The first-order valence-corrected chi connectivity index (χ1v) is 4.03. The highest BCUT2D eigenvalue weighted by molar-refractivity contribution is 6.19. The summed E-state index contributed by atoms with van der Waals surface area (Å²) in [5.41, 5.74) is -0.247. The van der Waals surface area contributed by atoms with Gasteiger partial charge in [0.2, 0.25) is 0 Å². The highest BCUT2D eigenvalue weighted by Crippen LogP contribution is 1.93. The molecule has 0 N–H and O–H groups in total. The molecular formula is C9H13ClO. The van der Waals surface area contributed by atoms with E-state index in [9.17, 15) is 0 Å². The second-order valence-electron chi connectivity index (χ2n) is 2.03. The fraction of sp³-hybridized carbons (Fsp3) is 0.556. The highest BCUT2D eigenvalue weighted by atomic mass is 35.5. The number of rotatable bonds is 4. The van der Waals surface area contributed by atoms with Crippen LogP contribution in [0.3, 0.4) is 0 Å². The van der Waals surface area contributed by atoms with Gasteiger partial charge in [-0.25, -0.2) is 0 Å². The van der Waals surface area contributed by atoms with Gasteiger partial charge >= 0.3 is 0 Å². The van der Waals surface area contributed by atoms with Gasteiger partial charge in [-0.3, -0.25) is 0 Å². The molecule has 0 rings (SSSR count). The molecule has 1 unspecified atom stereocenters. The maximum absolute atomic E-state index is 5.51. The Hall–Kier alpha value is -0.450. The number of unbranched alkanes of at least 4 members (excludes halogenated alkanes) is 1. The van der Waals surface area contributed by atoms with Crippen LogP contribution >= 0.6 is 11.6 Å². The molecule has 0 aliphatic heterocycles. The fourth-order valence-electron chi connectivity index (χ4n) is 0.470. The zero-order valence-corrected chi connectivity index (χ0v) is 7.53. The molecule has 0 saturated carbocycles. The van der Waals surface area contributed by atoms with Crippen molar-refractivity contribution >= 4 is 11.6 Å². The minimum absolute atomic E-state index is 0.247. The lowest BCUT2D eigenvalue weighted by Gasteiger charge is -1.98. The van der Waals surface area contributed by atoms with Crippen LogP contribution in [0.25, 0.3) is 0 Å². The van der Waals surface area contributed by atoms with Gasteiger partial charge < -0.3 is 4.74 Å². The van der Waals surface area contributed by atoms with Gasteiger partial charge in [-0.1, -0.05) is 23.6 Å². The van der Waals surface area contributed by atoms with Gasteiger partial charge in [0.1, 0.15) is 12.2 Å². The average Bonchev–Trinajstić information content (AvgIpc) is 1.96. The lowest BCUT2D eigenvalue weighted by molar-refractivity contribution is 0.151. The molecule has 11 heavy (non-hydrogen) atoms. The Kier molecular flexibility index (Phi) is 7.34. The van der Waals surface area contributed by atoms with E-state index in [2.05, 4.69) is 18.4 Å². The van der Waals surface area contributed by atoms with Crippen LogP contribution in [0.5, 0.6) is 0 Å². The maximum Gasteiger partial charge on any atom is 0.129 e. The minimum atomic E-state index is -0.247. The summed E-state index contributed by atoms with van der Waals surface area (Å²) in [6, 6.07) is 0. The Labute approximate surface area is 73.4 Å². The van der Waals surface area contributed by atoms with E-state index in [0.29, 0.717) is 6.61 Å². The predicted octanol–water partition coefficient (Wildman–Crippen LogP) is 2.56. The molecular weight excluding hydrogens is 160 g/mol. The summed E-state index contributed by atoms with van der Waals surface area (Å²) in [7, 11) is 0. The third-order valence-corrected chi connectivity index (χ3v) is 1.11. The second kappa shape index (κ2) is 7.65. The van der Waals surface area contributed by atoms with Crippen LogP contribution in [0.4, 0.5) is 0 Å². The van der Waals surface area contributed by atoms with Gasteiger partial charge in [-0.05, 0) is 13.3 Å². The molecule has 0 aromatic heterocycles. The molecule has 0 radical (unpaired) electrons. The Morgan fingerprint density at radius 2 is 2.36 bits per heavy atom. The van der Waals surface area contributed by atoms with Crippen molar-refractivity contribution in [1.29, 1.82) is 0 Å². The van der Waals surface area contributed by atoms with Crippen molar-refractivity contribution in [2.75, 3.05) is 6.61 Å². The molecule has 1 atom stereocenters. The van der Waals surface area contributed by atoms with Crippen LogP contribution in [-0.4, -0.2) is 12.2 Å². The summed E-state index contributed by atoms with van der Waals surface area (Å²) >= 11 is 5.51. The third kappa shape index (κ3) is 9.55. The van der Waals surface area contributed by atoms with Gasteiger partial charge in [0.25, 0.3) is 0 Å². The van der Waals surface area contributed by atoms with Gasteiger partial charge in [-0.15, -0.1) is 12.5 Å². The van der Waals surface area contributed by atoms with E-state index in [4.69, 9.17) is 16.3 Å². The van der Waals surface area contributed by atoms with E-state index >= 15 is 0 Å². The summed E-state index contributed by atoms with van der Waals surface area (Å²) in [6.07, 6.45) is 3.63. The van der Waals surface area contributed by atoms with Crippen LogP contribution in [0.15, 0.2) is 12.7 Å². The first kappa shape index (κ1) is 10.6. The normalized spacial score (nSPS) is 11.5. The second-order valence-corrected chi connectivity index (χ2v) is 2.65. The Balaban J connectivity index is 3.18. The van der Waals surface area contributed by atoms with Gasteiger partial charge in [0.15, 0.2) is 0 Å². The van der Waals surface area contributed by atoms with E-state index in [0.717, 1.165) is 12.8 Å². The Bertz CT molecular complexity index is 153. The number of alkyl halides is 1. The molecule has 1 nitrogen and oxygen atoms in total. The fourth-order valence-corrected chi connectivity index (χ4v) is 0.533. The number of hydrogen-bond acceptors (Lipinski definition) is 1. The molecule has 0 saturated heterocycles. The van der Waals surface area contributed by atoms with Crippen LogP contribution in [0.2, 0.25) is 0 Å². The topological polar surface area (TPSA) is 9.23 Å². The van der Waals surface area contributed by atoms with Crippen LogP contribution in [0.1, 0.15) is 19.8 Å². The van der Waals surface area contributed by atoms with Crippen molar-refractivity contribution in [3.8, 4) is 11.8 Å². The molecule has 0 aliphatic rings. The zero-order chi connectivity index (χ0) is 8.53. The first-order valence-electron chi connectivity index (χ1n) is 3.59. The standard InChI is InChI=1S/C9H13ClO/c1-3-4-5-6-7-8-11-9(2)10/h3,9H,1,4-5,8H2,2H3. The molecule has 0 aromatic carbocycles. The highest BCUT2D eigenvalue weighted by Gasteiger charge is 1.89.